The highest BCUT2D eigenvalue weighted by Crippen LogP contribution is 2.52. The van der Waals surface area contributed by atoms with Crippen molar-refractivity contribution in [3.63, 3.8) is 0 Å². The van der Waals surface area contributed by atoms with Gasteiger partial charge in [0.15, 0.2) is 0 Å². The van der Waals surface area contributed by atoms with Gasteiger partial charge in [-0.3, -0.25) is 15.0 Å². The second-order valence-electron chi connectivity index (χ2n) is 12.4. The molecule has 2 aromatic carbocycles. The number of hydrogen-bond acceptors (Lipinski definition) is 5. The lowest BCUT2D eigenvalue weighted by molar-refractivity contribution is 0.331. The van der Waals surface area contributed by atoms with Crippen molar-refractivity contribution in [3.05, 3.63) is 112 Å². The van der Waals surface area contributed by atoms with Gasteiger partial charge in [-0.05, 0) is 103 Å². The van der Waals surface area contributed by atoms with Crippen molar-refractivity contribution in [2.24, 2.45) is 0 Å². The van der Waals surface area contributed by atoms with Crippen LogP contribution in [0.4, 0.5) is 4.39 Å². The Morgan fingerprint density at radius 2 is 1.82 bits per heavy atom. The summed E-state index contributed by atoms with van der Waals surface area (Å²) < 4.78 is 40.6. The van der Waals surface area contributed by atoms with Gasteiger partial charge < -0.3 is 4.98 Å². The molecule has 228 valence electrons. The highest BCUT2D eigenvalue weighted by atomic mass is 32.2. The van der Waals surface area contributed by atoms with Crippen LogP contribution in [0.15, 0.2) is 78.6 Å². The van der Waals surface area contributed by atoms with Gasteiger partial charge in [-0.2, -0.15) is 5.10 Å². The summed E-state index contributed by atoms with van der Waals surface area (Å²) in [6.45, 7) is 3.22. The van der Waals surface area contributed by atoms with E-state index in [-0.39, 0.29) is 12.5 Å². The molecule has 1 saturated carbocycles. The Bertz CT molecular complexity index is 2140. The average molecular weight is 621 g/mol. The summed E-state index contributed by atoms with van der Waals surface area (Å²) in [5.41, 5.74) is 11.6. The first kappa shape index (κ1) is 28.1. The number of nitrogens with one attached hydrogen (secondary N) is 3. The first-order chi connectivity index (χ1) is 21.8. The molecule has 8 rings (SSSR count). The number of H-pyrrole nitrogens is 2. The fourth-order valence-corrected chi connectivity index (χ4v) is 7.16. The highest BCUT2D eigenvalue weighted by molar-refractivity contribution is 7.88. The maximum absolute atomic E-state index is 14.8. The molecule has 3 N–H and O–H groups in total. The van der Waals surface area contributed by atoms with Crippen LogP contribution in [0.2, 0.25) is 0 Å². The van der Waals surface area contributed by atoms with Crippen molar-refractivity contribution in [2.75, 3.05) is 19.3 Å². The van der Waals surface area contributed by atoms with Crippen LogP contribution in [0.3, 0.4) is 0 Å². The summed E-state index contributed by atoms with van der Waals surface area (Å²) in [5.74, 6) is -0.129. The Labute approximate surface area is 261 Å². The Hall–Kier alpha value is -4.38. The van der Waals surface area contributed by atoms with Gasteiger partial charge in [0.2, 0.25) is 10.0 Å². The lowest BCUT2D eigenvalue weighted by Gasteiger charge is -2.14. The van der Waals surface area contributed by atoms with Crippen LogP contribution in [-0.2, 0) is 23.1 Å². The standard InChI is InChI=1S/C35H33FN6O2S/c1-45(43,44)38-18-21-10-25(13-27(36)12-21)28-6-4-24-15-29(24)34-30(28)16-33(39-34)35-31-14-23(5-7-32(31)40-41-35)26-11-22(17-37-19-26)20-42-8-2-3-9-42/h4-7,10-14,16-17,19,29,38-39H,2-3,8-9,15,18,20H2,1H3,(H,40,41). The molecule has 3 aliphatic rings. The van der Waals surface area contributed by atoms with Gasteiger partial charge in [0.1, 0.15) is 11.5 Å². The van der Waals surface area contributed by atoms with Crippen molar-refractivity contribution in [1.29, 1.82) is 0 Å². The van der Waals surface area contributed by atoms with E-state index in [2.05, 4.69) is 61.1 Å². The van der Waals surface area contributed by atoms with E-state index < -0.39 is 15.8 Å². The summed E-state index contributed by atoms with van der Waals surface area (Å²) in [6.07, 6.45) is 12.6. The summed E-state index contributed by atoms with van der Waals surface area (Å²) in [6, 6.07) is 15.4. The molecule has 0 spiro atoms. The van der Waals surface area contributed by atoms with E-state index in [1.54, 1.807) is 0 Å². The van der Waals surface area contributed by atoms with Crippen LogP contribution in [0.5, 0.6) is 0 Å². The zero-order valence-corrected chi connectivity index (χ0v) is 25.7. The maximum atomic E-state index is 14.8. The minimum Gasteiger partial charge on any atom is -0.356 e. The molecule has 2 fully saturated rings. The molecule has 0 radical (unpaired) electrons. The number of pyridine rings is 1. The number of sulfonamides is 1. The molecular weight excluding hydrogens is 587 g/mol. The van der Waals surface area contributed by atoms with Crippen molar-refractivity contribution < 1.29 is 12.8 Å². The van der Waals surface area contributed by atoms with E-state index in [1.165, 1.54) is 36.1 Å². The Kier molecular flexibility index (Phi) is 6.81. The van der Waals surface area contributed by atoms with Crippen molar-refractivity contribution in [1.82, 2.24) is 29.8 Å². The molecule has 3 aromatic heterocycles. The quantitative estimate of drug-likeness (QED) is 0.190. The van der Waals surface area contributed by atoms with Crippen LogP contribution >= 0.6 is 0 Å². The first-order valence-electron chi connectivity index (χ1n) is 15.3. The number of fused-ring (bicyclic) bond motifs is 4. The van der Waals surface area contributed by atoms with E-state index in [0.29, 0.717) is 11.1 Å². The van der Waals surface area contributed by atoms with Crippen molar-refractivity contribution in [2.45, 2.75) is 38.3 Å². The molecular formula is C35H33FN6O2S. The molecule has 10 heteroatoms. The predicted octanol–water partition coefficient (Wildman–Crippen LogP) is 6.26. The second kappa shape index (κ2) is 10.9. The third-order valence-electron chi connectivity index (χ3n) is 9.04. The van der Waals surface area contributed by atoms with Crippen LogP contribution in [0.25, 0.3) is 39.0 Å². The van der Waals surface area contributed by atoms with Gasteiger partial charge in [0, 0.05) is 53.6 Å². The molecule has 1 aliphatic heterocycles. The number of nitrogens with zero attached hydrogens (tertiary/aromatic N) is 3. The molecule has 4 heterocycles. The van der Waals surface area contributed by atoms with Gasteiger partial charge >= 0.3 is 0 Å². The number of benzene rings is 2. The summed E-state index contributed by atoms with van der Waals surface area (Å²) >= 11 is 0. The summed E-state index contributed by atoms with van der Waals surface area (Å²) in [7, 11) is -3.41. The molecule has 0 amide bonds. The lowest BCUT2D eigenvalue weighted by Crippen LogP contribution is -2.21. The molecule has 1 atom stereocenters. The number of likely N-dealkylation sites (tertiary alicyclic amines) is 1. The SMILES string of the molecule is CS(=O)(=O)NCc1cc(F)cc(C2=CC=C3CC3c3[nH]c(-c4n[nH]c5ccc(-c6cncc(CN7CCCC7)c6)cc45)cc32)c1. The molecule has 2 aliphatic carbocycles. The monoisotopic (exact) mass is 620 g/mol. The maximum Gasteiger partial charge on any atom is 0.209 e. The van der Waals surface area contributed by atoms with Crippen molar-refractivity contribution in [3.8, 4) is 22.5 Å². The third-order valence-corrected chi connectivity index (χ3v) is 9.70. The highest BCUT2D eigenvalue weighted by Gasteiger charge is 2.37. The molecule has 45 heavy (non-hydrogen) atoms. The molecule has 5 aromatic rings. The first-order valence-corrected chi connectivity index (χ1v) is 17.2. The van der Waals surface area contributed by atoms with Crippen molar-refractivity contribution >= 4 is 26.5 Å². The van der Waals surface area contributed by atoms with Gasteiger partial charge in [-0.1, -0.05) is 23.8 Å². The minimum absolute atomic E-state index is 0.0180. The topological polar surface area (TPSA) is 107 Å². The molecule has 0 bridgehead atoms. The van der Waals surface area contributed by atoms with Gasteiger partial charge in [0.25, 0.3) is 0 Å². The van der Waals surface area contributed by atoms with E-state index in [4.69, 9.17) is 5.10 Å². The smallest absolute Gasteiger partial charge is 0.209 e. The number of allylic oxidation sites excluding steroid dienone is 3. The Morgan fingerprint density at radius 1 is 0.978 bits per heavy atom. The largest absolute Gasteiger partial charge is 0.356 e. The minimum atomic E-state index is -3.41. The van der Waals surface area contributed by atoms with Gasteiger partial charge in [-0.25, -0.2) is 17.5 Å². The number of halogens is 1. The fourth-order valence-electron chi connectivity index (χ4n) is 6.73. The summed E-state index contributed by atoms with van der Waals surface area (Å²) in [5, 5.41) is 8.93. The van der Waals surface area contributed by atoms with Gasteiger partial charge in [0.05, 0.1) is 17.5 Å². The third kappa shape index (κ3) is 5.65. The van der Waals surface area contributed by atoms with E-state index >= 15 is 0 Å². The Morgan fingerprint density at radius 3 is 2.67 bits per heavy atom. The number of hydrogen-bond donors (Lipinski definition) is 3. The lowest BCUT2D eigenvalue weighted by atomic mass is 9.95. The molecule has 8 nitrogen and oxygen atoms in total. The predicted molar refractivity (Wildman–Crippen MR) is 174 cm³/mol. The Balaban J connectivity index is 1.15. The zero-order valence-electron chi connectivity index (χ0n) is 24.9. The van der Waals surface area contributed by atoms with Crippen LogP contribution < -0.4 is 4.72 Å². The van der Waals surface area contributed by atoms with Crippen LogP contribution in [-0.4, -0.2) is 52.8 Å². The average Bonchev–Trinajstić information content (AvgIpc) is 3.32. The normalized spacial score (nSPS) is 18.0. The summed E-state index contributed by atoms with van der Waals surface area (Å²) in [4.78, 5) is 10.7. The number of rotatable bonds is 8. The van der Waals surface area contributed by atoms with E-state index in [0.717, 1.165) is 82.6 Å². The van der Waals surface area contributed by atoms with Crippen LogP contribution in [0.1, 0.15) is 53.1 Å². The fraction of sp³-hybridized carbons (Fsp3) is 0.257. The second-order valence-corrected chi connectivity index (χ2v) is 14.3. The number of aromatic amines is 2. The van der Waals surface area contributed by atoms with E-state index in [1.807, 2.05) is 24.5 Å². The van der Waals surface area contributed by atoms with Gasteiger partial charge in [-0.15, -0.1) is 0 Å². The zero-order chi connectivity index (χ0) is 30.7. The molecule has 1 saturated heterocycles. The van der Waals surface area contributed by atoms with Crippen LogP contribution in [0, 0.1) is 5.82 Å². The number of aromatic nitrogens is 4. The molecule has 1 unspecified atom stereocenters. The van der Waals surface area contributed by atoms with E-state index in [9.17, 15) is 12.8 Å².